The van der Waals surface area contributed by atoms with Gasteiger partial charge in [-0.2, -0.15) is 0 Å². The van der Waals surface area contributed by atoms with Gasteiger partial charge in [-0.15, -0.1) is 0 Å². The van der Waals surface area contributed by atoms with Crippen LogP contribution in [0.2, 0.25) is 10.0 Å². The third-order valence-electron chi connectivity index (χ3n) is 2.96. The molecule has 0 spiro atoms. The fourth-order valence-electron chi connectivity index (χ4n) is 1.77. The summed E-state index contributed by atoms with van der Waals surface area (Å²) in [4.78, 5) is 13.0. The normalized spacial score (nSPS) is 10.2. The summed E-state index contributed by atoms with van der Waals surface area (Å²) >= 11 is 11.4. The fraction of sp³-hybridized carbons (Fsp3) is 0.533. The van der Waals surface area contributed by atoms with Crippen LogP contribution in [0, 0.1) is 0 Å². The Kier molecular flexibility index (Phi) is 11.8. The Morgan fingerprint density at radius 2 is 1.65 bits per heavy atom. The molecule has 0 atom stereocenters. The number of aromatic carboxylic acids is 1. The van der Waals surface area contributed by atoms with Gasteiger partial charge in [0.25, 0.3) is 0 Å². The molecule has 0 aliphatic heterocycles. The maximum atomic E-state index is 10.7. The van der Waals surface area contributed by atoms with Crippen molar-refractivity contribution < 1.29 is 14.6 Å². The van der Waals surface area contributed by atoms with Crippen molar-refractivity contribution in [2.24, 2.45) is 11.5 Å². The highest BCUT2D eigenvalue weighted by Gasteiger charge is 2.17. The molecule has 0 aliphatic carbocycles. The number of hydrogen-bond acceptors (Lipinski definition) is 5. The molecule has 0 radical (unpaired) electrons. The number of nitrogens with two attached hydrogens (primary N) is 2. The van der Waals surface area contributed by atoms with E-state index in [0.29, 0.717) is 0 Å². The van der Waals surface area contributed by atoms with Crippen LogP contribution in [0.1, 0.15) is 23.2 Å². The van der Waals surface area contributed by atoms with Crippen LogP contribution in [0.15, 0.2) is 12.1 Å². The van der Waals surface area contributed by atoms with Crippen molar-refractivity contribution in [2.45, 2.75) is 12.8 Å². The molecule has 6 nitrogen and oxygen atoms in total. The molecular formula is C15H25Cl2N3O3. The molecule has 0 fully saturated rings. The van der Waals surface area contributed by atoms with Gasteiger partial charge in [0.1, 0.15) is 5.56 Å². The highest BCUT2D eigenvalue weighted by atomic mass is 35.5. The number of carboxylic acids is 1. The minimum Gasteiger partial charge on any atom is -0.494 e. The predicted molar refractivity (Wildman–Crippen MR) is 94.8 cm³/mol. The van der Waals surface area contributed by atoms with Gasteiger partial charge in [0.05, 0.1) is 17.2 Å². The highest BCUT2D eigenvalue weighted by molar-refractivity contribution is 6.36. The zero-order valence-electron chi connectivity index (χ0n) is 13.5. The third-order valence-corrected chi connectivity index (χ3v) is 3.58. The fourth-order valence-corrected chi connectivity index (χ4v) is 2.23. The van der Waals surface area contributed by atoms with Gasteiger partial charge in [-0.25, -0.2) is 4.79 Å². The summed E-state index contributed by atoms with van der Waals surface area (Å²) in [5, 5.41) is 9.11. The Morgan fingerprint density at radius 3 is 2.00 bits per heavy atom. The number of ether oxygens (including phenoxy) is 1. The van der Waals surface area contributed by atoms with E-state index in [1.807, 2.05) is 0 Å². The lowest BCUT2D eigenvalue weighted by molar-refractivity contribution is 0.0693. The Morgan fingerprint density at radius 1 is 1.17 bits per heavy atom. The zero-order chi connectivity index (χ0) is 17.8. The summed E-state index contributed by atoms with van der Waals surface area (Å²) in [6.45, 7) is 3.76. The molecule has 0 bridgehead atoms. The van der Waals surface area contributed by atoms with Crippen molar-refractivity contribution in [3.8, 4) is 5.75 Å². The number of halogens is 2. The summed E-state index contributed by atoms with van der Waals surface area (Å²) in [6.07, 6.45) is 2.17. The molecule has 1 rings (SSSR count). The number of rotatable bonds is 8. The van der Waals surface area contributed by atoms with Crippen LogP contribution in [-0.2, 0) is 0 Å². The standard InChI is InChI=1S/C8H6Cl2O3.C7H19N3/c1-13-7-5(10)3-2-4(9)6(7)8(11)12;1-10(6-2-4-8)7-3-5-9/h2-3H,1H3,(H,11,12);2-9H2,1H3. The second-order valence-corrected chi connectivity index (χ2v) is 5.64. The monoisotopic (exact) mass is 365 g/mol. The van der Waals surface area contributed by atoms with Gasteiger partial charge < -0.3 is 26.2 Å². The Labute approximate surface area is 147 Å². The number of nitrogens with zero attached hydrogens (tertiary/aromatic N) is 1. The molecule has 0 unspecified atom stereocenters. The molecule has 0 heterocycles. The van der Waals surface area contributed by atoms with E-state index in [1.165, 1.54) is 19.2 Å². The Balaban J connectivity index is 0.000000438. The first-order valence-corrected chi connectivity index (χ1v) is 7.98. The second kappa shape index (κ2) is 12.4. The third kappa shape index (κ3) is 8.39. The average molecular weight is 366 g/mol. The van der Waals surface area contributed by atoms with Gasteiger partial charge >= 0.3 is 5.97 Å². The topological polar surface area (TPSA) is 102 Å². The Hall–Kier alpha value is -1.05. The highest BCUT2D eigenvalue weighted by Crippen LogP contribution is 2.33. The molecule has 0 amide bonds. The number of benzene rings is 1. The van der Waals surface area contributed by atoms with Crippen LogP contribution >= 0.6 is 23.2 Å². The van der Waals surface area contributed by atoms with Crippen molar-refractivity contribution in [1.82, 2.24) is 4.90 Å². The van der Waals surface area contributed by atoms with Gasteiger partial charge in [0.2, 0.25) is 0 Å². The molecule has 0 aliphatic rings. The zero-order valence-corrected chi connectivity index (χ0v) is 15.0. The van der Waals surface area contributed by atoms with Crippen molar-refractivity contribution in [3.63, 3.8) is 0 Å². The SMILES string of the molecule is CN(CCCN)CCCN.COc1c(Cl)ccc(Cl)c1C(=O)O. The maximum Gasteiger partial charge on any atom is 0.341 e. The van der Waals surface area contributed by atoms with Gasteiger partial charge in [-0.3, -0.25) is 0 Å². The molecule has 23 heavy (non-hydrogen) atoms. The summed E-state index contributed by atoms with van der Waals surface area (Å²) in [6, 6.07) is 2.89. The number of methoxy groups -OCH3 is 1. The van der Waals surface area contributed by atoms with Gasteiger partial charge in [0, 0.05) is 0 Å². The molecule has 1 aromatic carbocycles. The first-order valence-electron chi connectivity index (χ1n) is 7.22. The molecular weight excluding hydrogens is 341 g/mol. The smallest absolute Gasteiger partial charge is 0.341 e. The van der Waals surface area contributed by atoms with Crippen LogP contribution in [0.4, 0.5) is 0 Å². The first-order chi connectivity index (χ1) is 10.9. The van der Waals surface area contributed by atoms with Crippen molar-refractivity contribution >= 4 is 29.2 Å². The second-order valence-electron chi connectivity index (χ2n) is 4.83. The molecule has 132 valence electrons. The van der Waals surface area contributed by atoms with Crippen molar-refractivity contribution in [3.05, 3.63) is 27.7 Å². The van der Waals surface area contributed by atoms with E-state index in [0.717, 1.165) is 39.0 Å². The lowest BCUT2D eigenvalue weighted by atomic mass is 10.2. The number of hydrogen-bond donors (Lipinski definition) is 3. The van der Waals surface area contributed by atoms with Crippen LogP contribution in [0.5, 0.6) is 5.75 Å². The molecule has 0 aromatic heterocycles. The van der Waals surface area contributed by atoms with E-state index in [2.05, 4.69) is 11.9 Å². The van der Waals surface area contributed by atoms with E-state index < -0.39 is 5.97 Å². The summed E-state index contributed by atoms with van der Waals surface area (Å²) < 4.78 is 4.82. The molecule has 0 saturated carbocycles. The van der Waals surface area contributed by atoms with Crippen LogP contribution < -0.4 is 16.2 Å². The van der Waals surface area contributed by atoms with Crippen molar-refractivity contribution in [1.29, 1.82) is 0 Å². The van der Waals surface area contributed by atoms with Crippen LogP contribution in [-0.4, -0.2) is 56.3 Å². The van der Waals surface area contributed by atoms with Gasteiger partial charge in [0.15, 0.2) is 5.75 Å². The maximum absolute atomic E-state index is 10.7. The lowest BCUT2D eigenvalue weighted by Gasteiger charge is -2.14. The van der Waals surface area contributed by atoms with Crippen molar-refractivity contribution in [2.75, 3.05) is 40.3 Å². The summed E-state index contributed by atoms with van der Waals surface area (Å²) in [5.41, 5.74) is 10.6. The number of carboxylic acid groups (broad SMARTS) is 1. The van der Waals surface area contributed by atoms with E-state index in [9.17, 15) is 4.79 Å². The number of carbonyl (C=O) groups is 1. The van der Waals surface area contributed by atoms with E-state index >= 15 is 0 Å². The molecule has 1 aromatic rings. The van der Waals surface area contributed by atoms with Gasteiger partial charge in [-0.1, -0.05) is 23.2 Å². The lowest BCUT2D eigenvalue weighted by Crippen LogP contribution is -2.24. The van der Waals surface area contributed by atoms with E-state index in [-0.39, 0.29) is 21.4 Å². The molecule has 0 saturated heterocycles. The predicted octanol–water partition coefficient (Wildman–Crippen LogP) is 2.32. The van der Waals surface area contributed by atoms with Gasteiger partial charge in [-0.05, 0) is 58.2 Å². The minimum absolute atomic E-state index is 0.0849. The van der Waals surface area contributed by atoms with Crippen LogP contribution in [0.25, 0.3) is 0 Å². The quantitative estimate of drug-likeness (QED) is 0.653. The average Bonchev–Trinajstić information content (AvgIpc) is 2.52. The first kappa shape index (κ1) is 21.9. The Bertz CT molecular complexity index is 479. The van der Waals surface area contributed by atoms with Crippen LogP contribution in [0.3, 0.4) is 0 Å². The van der Waals surface area contributed by atoms with E-state index in [1.54, 1.807) is 0 Å². The largest absolute Gasteiger partial charge is 0.494 e. The summed E-state index contributed by atoms with van der Waals surface area (Å²) in [7, 11) is 3.44. The van der Waals surface area contributed by atoms with E-state index in [4.69, 9.17) is 44.5 Å². The minimum atomic E-state index is -1.16. The molecule has 5 N–H and O–H groups in total. The molecule has 8 heteroatoms. The summed E-state index contributed by atoms with van der Waals surface area (Å²) in [5.74, 6) is -1.08.